The van der Waals surface area contributed by atoms with Crippen LogP contribution >= 0.6 is 0 Å². The Bertz CT molecular complexity index is 1070. The highest BCUT2D eigenvalue weighted by atomic mass is 16.6. The van der Waals surface area contributed by atoms with Crippen molar-refractivity contribution in [1.82, 2.24) is 15.2 Å². The second kappa shape index (κ2) is 13.9. The number of benzene rings is 1. The summed E-state index contributed by atoms with van der Waals surface area (Å²) in [5.41, 5.74) is 1.86. The maximum absolute atomic E-state index is 12.9. The minimum atomic E-state index is -0.588. The molecule has 0 saturated heterocycles. The van der Waals surface area contributed by atoms with Gasteiger partial charge in [-0.1, -0.05) is 43.0 Å². The maximum Gasteiger partial charge on any atom is 0.410 e. The molecule has 0 unspecified atom stereocenters. The minimum Gasteiger partial charge on any atom is -0.444 e. The van der Waals surface area contributed by atoms with Gasteiger partial charge in [0.05, 0.1) is 5.56 Å². The topological polar surface area (TPSA) is 80.8 Å². The number of hydrogen-bond acceptors (Lipinski definition) is 5. The molecule has 0 aliphatic heterocycles. The van der Waals surface area contributed by atoms with Crippen molar-refractivity contribution < 1.29 is 19.1 Å². The van der Waals surface area contributed by atoms with Gasteiger partial charge in [0.1, 0.15) is 11.4 Å². The van der Waals surface area contributed by atoms with Crippen molar-refractivity contribution in [2.24, 2.45) is 0 Å². The third kappa shape index (κ3) is 9.78. The summed E-state index contributed by atoms with van der Waals surface area (Å²) in [6.45, 7) is 14.7. The van der Waals surface area contributed by atoms with Gasteiger partial charge in [-0.25, -0.2) is 9.78 Å². The normalized spacial score (nSPS) is 11.8. The molecule has 2 amide bonds. The highest BCUT2D eigenvalue weighted by Gasteiger charge is 2.22. The van der Waals surface area contributed by atoms with Gasteiger partial charge in [-0.05, 0) is 70.4 Å². The number of nitrogens with zero attached hydrogens (tertiary/aromatic N) is 2. The molecule has 1 heterocycles. The first-order valence-electron chi connectivity index (χ1n) is 12.1. The molecule has 2 aromatic rings. The van der Waals surface area contributed by atoms with Gasteiger partial charge in [0, 0.05) is 31.9 Å². The molecular formula is C29H37N3O4. The largest absolute Gasteiger partial charge is 0.444 e. The van der Waals surface area contributed by atoms with Gasteiger partial charge in [0.25, 0.3) is 5.91 Å². The Hall–Kier alpha value is -3.87. The van der Waals surface area contributed by atoms with Crippen molar-refractivity contribution in [1.29, 1.82) is 0 Å². The Labute approximate surface area is 214 Å². The summed E-state index contributed by atoms with van der Waals surface area (Å²) in [6.07, 6.45) is 9.47. The van der Waals surface area contributed by atoms with Gasteiger partial charge in [-0.15, -0.1) is 0 Å². The minimum absolute atomic E-state index is 0.173. The van der Waals surface area contributed by atoms with Gasteiger partial charge in [0.15, 0.2) is 0 Å². The van der Waals surface area contributed by atoms with E-state index in [1.807, 2.05) is 77.1 Å². The quantitative estimate of drug-likeness (QED) is 0.366. The van der Waals surface area contributed by atoms with Crippen LogP contribution in [0.25, 0.3) is 0 Å². The van der Waals surface area contributed by atoms with Crippen LogP contribution in [0.3, 0.4) is 0 Å². The molecule has 36 heavy (non-hydrogen) atoms. The first-order valence-corrected chi connectivity index (χ1v) is 12.1. The van der Waals surface area contributed by atoms with Crippen LogP contribution in [0.5, 0.6) is 11.6 Å². The number of allylic oxidation sites excluding steroid dienone is 4. The van der Waals surface area contributed by atoms with E-state index in [9.17, 15) is 9.59 Å². The van der Waals surface area contributed by atoms with E-state index in [4.69, 9.17) is 9.47 Å². The van der Waals surface area contributed by atoms with Crippen LogP contribution in [0.1, 0.15) is 57.0 Å². The molecular weight excluding hydrogens is 454 g/mol. The average molecular weight is 492 g/mol. The molecule has 1 aromatic carbocycles. The van der Waals surface area contributed by atoms with Gasteiger partial charge in [-0.2, -0.15) is 0 Å². The SMILES string of the molecule is C=C/C(=C\C=C/C)CCN(Cc1ccc(Oc2ccc(C(=O)NCC)cn2)cc1)C(=O)OC(C)(C)C. The van der Waals surface area contributed by atoms with Crippen molar-refractivity contribution in [3.63, 3.8) is 0 Å². The lowest BCUT2D eigenvalue weighted by atomic mass is 10.1. The summed E-state index contributed by atoms with van der Waals surface area (Å²) in [5, 5.41) is 2.73. The maximum atomic E-state index is 12.9. The van der Waals surface area contributed by atoms with Crippen LogP contribution < -0.4 is 10.1 Å². The van der Waals surface area contributed by atoms with E-state index in [1.165, 1.54) is 6.20 Å². The zero-order chi connectivity index (χ0) is 26.6. The molecule has 1 aromatic heterocycles. The van der Waals surface area contributed by atoms with Crippen LogP contribution in [0.4, 0.5) is 4.79 Å². The summed E-state index contributed by atoms with van der Waals surface area (Å²) >= 11 is 0. The van der Waals surface area contributed by atoms with Crippen LogP contribution in [0.15, 0.2) is 79.1 Å². The molecule has 0 aliphatic carbocycles. The molecule has 7 heteroatoms. The summed E-state index contributed by atoms with van der Waals surface area (Å²) in [7, 11) is 0. The molecule has 0 spiro atoms. The number of nitrogens with one attached hydrogen (secondary N) is 1. The molecule has 0 radical (unpaired) electrons. The number of amides is 2. The number of pyridine rings is 1. The lowest BCUT2D eigenvalue weighted by Crippen LogP contribution is -2.37. The van der Waals surface area contributed by atoms with Crippen LogP contribution in [0, 0.1) is 0 Å². The molecule has 0 atom stereocenters. The van der Waals surface area contributed by atoms with Crippen LogP contribution in [-0.4, -0.2) is 40.6 Å². The summed E-state index contributed by atoms with van der Waals surface area (Å²) in [5.74, 6) is 0.813. The van der Waals surface area contributed by atoms with Crippen molar-refractivity contribution in [2.45, 2.75) is 53.2 Å². The summed E-state index contributed by atoms with van der Waals surface area (Å²) in [6, 6.07) is 10.8. The van der Waals surface area contributed by atoms with Crippen molar-refractivity contribution in [3.8, 4) is 11.6 Å². The van der Waals surface area contributed by atoms with Gasteiger partial charge in [0.2, 0.25) is 5.88 Å². The molecule has 7 nitrogen and oxygen atoms in total. The fraction of sp³-hybridized carbons (Fsp3) is 0.345. The van der Waals surface area contributed by atoms with E-state index in [-0.39, 0.29) is 12.0 Å². The second-order valence-electron chi connectivity index (χ2n) is 9.11. The van der Waals surface area contributed by atoms with E-state index < -0.39 is 5.60 Å². The summed E-state index contributed by atoms with van der Waals surface area (Å²) in [4.78, 5) is 30.7. The Kier molecular flexibility index (Phi) is 10.9. The summed E-state index contributed by atoms with van der Waals surface area (Å²) < 4.78 is 11.4. The van der Waals surface area contributed by atoms with E-state index >= 15 is 0 Å². The lowest BCUT2D eigenvalue weighted by molar-refractivity contribution is 0.0236. The first-order chi connectivity index (χ1) is 17.1. The molecule has 1 N–H and O–H groups in total. The van der Waals surface area contributed by atoms with Gasteiger partial charge >= 0.3 is 6.09 Å². The molecule has 0 aliphatic rings. The molecule has 2 rings (SSSR count). The number of aromatic nitrogens is 1. The Morgan fingerprint density at radius 3 is 2.42 bits per heavy atom. The second-order valence-corrected chi connectivity index (χ2v) is 9.11. The standard InChI is InChI=1S/C29H37N3O4/c1-7-10-11-22(8-2)18-19-32(28(34)36-29(4,5)6)21-23-12-15-25(16-13-23)35-26-17-14-24(20-31-26)27(33)30-9-3/h7-8,10-17,20H,2,9,18-19,21H2,1,3-6H3,(H,30,33)/b10-7-,22-11+. The van der Waals surface area contributed by atoms with Gasteiger partial charge < -0.3 is 19.7 Å². The molecule has 0 saturated carbocycles. The van der Waals surface area contributed by atoms with Crippen molar-refractivity contribution >= 4 is 12.0 Å². The van der Waals surface area contributed by atoms with E-state index in [0.29, 0.717) is 43.2 Å². The molecule has 192 valence electrons. The molecule has 0 fully saturated rings. The fourth-order valence-corrected chi connectivity index (χ4v) is 3.14. The highest BCUT2D eigenvalue weighted by molar-refractivity contribution is 5.93. The Morgan fingerprint density at radius 2 is 1.86 bits per heavy atom. The third-order valence-electron chi connectivity index (χ3n) is 4.94. The van der Waals surface area contributed by atoms with Crippen molar-refractivity contribution in [3.05, 3.63) is 90.2 Å². The third-order valence-corrected chi connectivity index (χ3v) is 4.94. The van der Waals surface area contributed by atoms with Crippen LogP contribution in [-0.2, 0) is 11.3 Å². The Balaban J connectivity index is 2.08. The predicted octanol–water partition coefficient (Wildman–Crippen LogP) is 6.44. The van der Waals surface area contributed by atoms with Crippen LogP contribution in [0.2, 0.25) is 0 Å². The fourth-order valence-electron chi connectivity index (χ4n) is 3.14. The number of carbonyl (C=O) groups is 2. The Morgan fingerprint density at radius 1 is 1.14 bits per heavy atom. The number of ether oxygens (including phenoxy) is 2. The van der Waals surface area contributed by atoms with Crippen molar-refractivity contribution in [2.75, 3.05) is 13.1 Å². The average Bonchev–Trinajstić information content (AvgIpc) is 2.84. The highest BCUT2D eigenvalue weighted by Crippen LogP contribution is 2.21. The van der Waals surface area contributed by atoms with E-state index in [1.54, 1.807) is 23.1 Å². The van der Waals surface area contributed by atoms with E-state index in [2.05, 4.69) is 16.9 Å². The zero-order valence-corrected chi connectivity index (χ0v) is 21.9. The molecule has 0 bridgehead atoms. The van der Waals surface area contributed by atoms with Gasteiger partial charge in [-0.3, -0.25) is 4.79 Å². The zero-order valence-electron chi connectivity index (χ0n) is 21.9. The number of hydrogen-bond donors (Lipinski definition) is 1. The number of rotatable bonds is 11. The predicted molar refractivity (Wildman–Crippen MR) is 143 cm³/mol. The first kappa shape index (κ1) is 28.4. The number of carbonyl (C=O) groups excluding carboxylic acids is 2. The smallest absolute Gasteiger partial charge is 0.410 e. The monoisotopic (exact) mass is 491 g/mol. The lowest BCUT2D eigenvalue weighted by Gasteiger charge is -2.27. The van der Waals surface area contributed by atoms with E-state index in [0.717, 1.165) is 11.1 Å².